The lowest BCUT2D eigenvalue weighted by atomic mass is 9.98. The first-order valence-corrected chi connectivity index (χ1v) is 11.8. The molecule has 0 N–H and O–H groups in total. The predicted molar refractivity (Wildman–Crippen MR) is 140 cm³/mol. The summed E-state index contributed by atoms with van der Waals surface area (Å²) in [5, 5.41) is 0. The van der Waals surface area contributed by atoms with Gasteiger partial charge in [0.2, 0.25) is 0 Å². The van der Waals surface area contributed by atoms with Crippen molar-refractivity contribution in [2.45, 2.75) is 12.9 Å². The SMILES string of the molecule is CN(C)CCOc1ccc(-c2ccccc2OC(F)(F)F)cc1C(=O)C=Cc1ccccc1CN(C)C. The van der Waals surface area contributed by atoms with Crippen LogP contribution in [0.25, 0.3) is 17.2 Å². The number of likely N-dealkylation sites (N-methyl/N-ethyl adjacent to an activating group) is 1. The van der Waals surface area contributed by atoms with Gasteiger partial charge in [-0.1, -0.05) is 54.6 Å². The zero-order valence-electron chi connectivity index (χ0n) is 21.4. The number of ether oxygens (including phenoxy) is 2. The Morgan fingerprint density at radius 2 is 1.59 bits per heavy atom. The van der Waals surface area contributed by atoms with Gasteiger partial charge in [-0.05, 0) is 69.2 Å². The van der Waals surface area contributed by atoms with Gasteiger partial charge >= 0.3 is 6.36 Å². The predicted octanol–water partition coefficient (Wildman–Crippen LogP) is 6.15. The van der Waals surface area contributed by atoms with Crippen molar-refractivity contribution < 1.29 is 27.4 Å². The van der Waals surface area contributed by atoms with Gasteiger partial charge in [-0.25, -0.2) is 0 Å². The average molecular weight is 513 g/mol. The van der Waals surface area contributed by atoms with Crippen molar-refractivity contribution in [3.05, 3.63) is 89.5 Å². The van der Waals surface area contributed by atoms with Crippen molar-refractivity contribution >= 4 is 11.9 Å². The number of halogens is 3. The summed E-state index contributed by atoms with van der Waals surface area (Å²) in [5.41, 5.74) is 2.84. The van der Waals surface area contributed by atoms with Crippen LogP contribution in [0.15, 0.2) is 72.8 Å². The summed E-state index contributed by atoms with van der Waals surface area (Å²) in [5.74, 6) is -0.311. The third-order valence-electron chi connectivity index (χ3n) is 5.42. The van der Waals surface area contributed by atoms with E-state index in [0.29, 0.717) is 31.0 Å². The normalized spacial score (nSPS) is 11.9. The van der Waals surface area contributed by atoms with E-state index < -0.39 is 6.36 Å². The Morgan fingerprint density at radius 3 is 2.30 bits per heavy atom. The Balaban J connectivity index is 1.99. The van der Waals surface area contributed by atoms with E-state index in [1.165, 1.54) is 24.3 Å². The minimum Gasteiger partial charge on any atom is -0.491 e. The number of hydrogen-bond acceptors (Lipinski definition) is 5. The van der Waals surface area contributed by atoms with Gasteiger partial charge in [0.25, 0.3) is 0 Å². The van der Waals surface area contributed by atoms with E-state index in [1.54, 1.807) is 30.3 Å². The first kappa shape index (κ1) is 28.0. The molecular formula is C29H31F3N2O3. The van der Waals surface area contributed by atoms with Gasteiger partial charge in [0, 0.05) is 18.7 Å². The summed E-state index contributed by atoms with van der Waals surface area (Å²) in [6.45, 7) is 1.68. The highest BCUT2D eigenvalue weighted by Gasteiger charge is 2.32. The molecular weight excluding hydrogens is 481 g/mol. The first-order valence-electron chi connectivity index (χ1n) is 11.8. The molecule has 0 radical (unpaired) electrons. The van der Waals surface area contributed by atoms with Crippen molar-refractivity contribution in [3.8, 4) is 22.6 Å². The highest BCUT2D eigenvalue weighted by Crippen LogP contribution is 2.36. The molecule has 0 saturated heterocycles. The molecule has 3 aromatic carbocycles. The van der Waals surface area contributed by atoms with E-state index >= 15 is 0 Å². The fraction of sp³-hybridized carbons (Fsp3) is 0.276. The summed E-state index contributed by atoms with van der Waals surface area (Å²) < 4.78 is 49.0. The minimum absolute atomic E-state index is 0.217. The molecule has 3 aromatic rings. The second kappa shape index (κ2) is 12.6. The molecule has 0 heterocycles. The van der Waals surface area contributed by atoms with Crippen LogP contribution in [-0.2, 0) is 6.54 Å². The van der Waals surface area contributed by atoms with Gasteiger partial charge < -0.3 is 19.3 Å². The maximum atomic E-state index is 13.4. The van der Waals surface area contributed by atoms with Crippen LogP contribution < -0.4 is 9.47 Å². The lowest BCUT2D eigenvalue weighted by molar-refractivity contribution is -0.274. The summed E-state index contributed by atoms with van der Waals surface area (Å²) in [7, 11) is 7.75. The van der Waals surface area contributed by atoms with Crippen LogP contribution in [0.3, 0.4) is 0 Å². The van der Waals surface area contributed by atoms with Gasteiger partial charge in [0.1, 0.15) is 18.1 Å². The number of carbonyl (C=O) groups is 1. The van der Waals surface area contributed by atoms with Gasteiger partial charge in [0.05, 0.1) is 5.56 Å². The minimum atomic E-state index is -4.84. The molecule has 0 aliphatic heterocycles. The second-order valence-electron chi connectivity index (χ2n) is 9.04. The van der Waals surface area contributed by atoms with Crippen molar-refractivity contribution in [1.29, 1.82) is 0 Å². The molecule has 5 nitrogen and oxygen atoms in total. The molecule has 0 atom stereocenters. The number of allylic oxidation sites excluding steroid dienone is 1. The van der Waals surface area contributed by atoms with E-state index in [2.05, 4.69) is 4.74 Å². The van der Waals surface area contributed by atoms with Crippen molar-refractivity contribution in [2.24, 2.45) is 0 Å². The van der Waals surface area contributed by atoms with Crippen molar-refractivity contribution in [3.63, 3.8) is 0 Å². The standard InChI is InChI=1S/C29H31F3N2O3/c1-33(2)17-18-36-27-16-14-22(24-11-7-8-12-28(24)37-29(30,31)32)19-25(27)26(35)15-13-21-9-5-6-10-23(21)20-34(3)4/h5-16,19H,17-18,20H2,1-4H3. The molecule has 0 aliphatic carbocycles. The topological polar surface area (TPSA) is 42.0 Å². The van der Waals surface area contributed by atoms with E-state index in [9.17, 15) is 18.0 Å². The van der Waals surface area contributed by atoms with Gasteiger partial charge in [-0.15, -0.1) is 13.2 Å². The lowest BCUT2D eigenvalue weighted by Gasteiger charge is -2.16. The van der Waals surface area contributed by atoms with Crippen LogP contribution in [0.1, 0.15) is 21.5 Å². The lowest BCUT2D eigenvalue weighted by Crippen LogP contribution is -2.20. The van der Waals surface area contributed by atoms with Gasteiger partial charge in [-0.2, -0.15) is 0 Å². The fourth-order valence-corrected chi connectivity index (χ4v) is 3.71. The summed E-state index contributed by atoms with van der Waals surface area (Å²) in [6.07, 6.45) is -1.63. The van der Waals surface area contributed by atoms with Crippen LogP contribution in [0.5, 0.6) is 11.5 Å². The molecule has 0 amide bonds. The fourth-order valence-electron chi connectivity index (χ4n) is 3.71. The molecule has 0 bridgehead atoms. The quantitative estimate of drug-likeness (QED) is 0.228. The number of carbonyl (C=O) groups excluding carboxylic acids is 1. The molecule has 0 unspecified atom stereocenters. The van der Waals surface area contributed by atoms with Crippen LogP contribution in [0, 0.1) is 0 Å². The smallest absolute Gasteiger partial charge is 0.491 e. The highest BCUT2D eigenvalue weighted by molar-refractivity contribution is 6.09. The van der Waals surface area contributed by atoms with Crippen molar-refractivity contribution in [2.75, 3.05) is 41.3 Å². The third-order valence-corrected chi connectivity index (χ3v) is 5.42. The molecule has 0 aromatic heterocycles. The summed E-state index contributed by atoms with van der Waals surface area (Å²) in [4.78, 5) is 17.4. The third kappa shape index (κ3) is 8.48. The van der Waals surface area contributed by atoms with Crippen LogP contribution >= 0.6 is 0 Å². The zero-order chi connectivity index (χ0) is 27.0. The molecule has 0 saturated carbocycles. The number of nitrogens with zero attached hydrogens (tertiary/aromatic N) is 2. The molecule has 0 aliphatic rings. The zero-order valence-corrected chi connectivity index (χ0v) is 21.4. The summed E-state index contributed by atoms with van der Waals surface area (Å²) in [6, 6.07) is 18.4. The van der Waals surface area contributed by atoms with Gasteiger partial charge in [0.15, 0.2) is 5.78 Å². The first-order chi connectivity index (χ1) is 17.5. The molecule has 8 heteroatoms. The monoisotopic (exact) mass is 512 g/mol. The Kier molecular flexibility index (Phi) is 9.49. The molecule has 0 fully saturated rings. The highest BCUT2D eigenvalue weighted by atomic mass is 19.4. The largest absolute Gasteiger partial charge is 0.573 e. The Morgan fingerprint density at radius 1 is 0.892 bits per heavy atom. The Hall–Kier alpha value is -3.62. The number of ketones is 1. The van der Waals surface area contributed by atoms with Crippen LogP contribution in [0.4, 0.5) is 13.2 Å². The number of alkyl halides is 3. The van der Waals surface area contributed by atoms with Crippen molar-refractivity contribution in [1.82, 2.24) is 9.80 Å². The van der Waals surface area contributed by atoms with Crippen LogP contribution in [0.2, 0.25) is 0 Å². The maximum absolute atomic E-state index is 13.4. The van der Waals surface area contributed by atoms with E-state index in [1.807, 2.05) is 62.3 Å². The number of para-hydroxylation sites is 1. The molecule has 0 spiro atoms. The number of benzene rings is 3. The maximum Gasteiger partial charge on any atom is 0.573 e. The van der Waals surface area contributed by atoms with E-state index in [-0.39, 0.29) is 22.7 Å². The van der Waals surface area contributed by atoms with Crippen LogP contribution in [-0.4, -0.2) is 63.3 Å². The van der Waals surface area contributed by atoms with E-state index in [4.69, 9.17) is 4.74 Å². The molecule has 37 heavy (non-hydrogen) atoms. The number of rotatable bonds is 11. The Bertz CT molecular complexity index is 1240. The Labute approximate surface area is 215 Å². The second-order valence-corrected chi connectivity index (χ2v) is 9.04. The average Bonchev–Trinajstić information content (AvgIpc) is 2.82. The number of hydrogen-bond donors (Lipinski definition) is 0. The molecule has 3 rings (SSSR count). The van der Waals surface area contributed by atoms with E-state index in [0.717, 1.165) is 11.1 Å². The van der Waals surface area contributed by atoms with Gasteiger partial charge in [-0.3, -0.25) is 4.79 Å². The summed E-state index contributed by atoms with van der Waals surface area (Å²) >= 11 is 0. The molecule has 196 valence electrons.